The zero-order valence-corrected chi connectivity index (χ0v) is 12.0. The van der Waals surface area contributed by atoms with Crippen molar-refractivity contribution in [3.05, 3.63) is 57.6 Å². The minimum Gasteiger partial charge on any atom is -0.305 e. The number of benzene rings is 2. The van der Waals surface area contributed by atoms with Crippen LogP contribution in [0.1, 0.15) is 0 Å². The maximum absolute atomic E-state index is 13.7. The van der Waals surface area contributed by atoms with Crippen LogP contribution >= 0.6 is 23.2 Å². The molecule has 0 saturated heterocycles. The molecule has 0 radical (unpaired) electrons. The van der Waals surface area contributed by atoms with E-state index >= 15 is 0 Å². The Balaban J connectivity index is 2.23. The van der Waals surface area contributed by atoms with Gasteiger partial charge in [0.2, 0.25) is 0 Å². The molecule has 116 valence electrons. The first-order chi connectivity index (χ1) is 10.3. The predicted octanol–water partition coefficient (Wildman–Crippen LogP) is 5.19. The Morgan fingerprint density at radius 1 is 0.955 bits per heavy atom. The lowest BCUT2D eigenvalue weighted by molar-refractivity contribution is 0.262. The quantitative estimate of drug-likeness (QED) is 0.435. The second-order valence-corrected chi connectivity index (χ2v) is 4.81. The zero-order chi connectivity index (χ0) is 16.4. The number of hydrogen-bond acceptors (Lipinski definition) is 1. The molecule has 0 aromatic heterocycles. The third-order valence-electron chi connectivity index (χ3n) is 2.55. The molecule has 0 heterocycles. The zero-order valence-electron chi connectivity index (χ0n) is 10.5. The highest BCUT2D eigenvalue weighted by Gasteiger charge is 2.18. The fourth-order valence-electron chi connectivity index (χ4n) is 1.55. The lowest BCUT2D eigenvalue weighted by Crippen LogP contribution is -2.21. The molecule has 0 aliphatic carbocycles. The van der Waals surface area contributed by atoms with Crippen LogP contribution in [0.5, 0.6) is 0 Å². The number of halogens is 6. The fourth-order valence-corrected chi connectivity index (χ4v) is 2.00. The molecular formula is C13H6Cl2F4N2O. The van der Waals surface area contributed by atoms with Gasteiger partial charge in [-0.2, -0.15) is 0 Å². The first-order valence-corrected chi connectivity index (χ1v) is 6.42. The van der Waals surface area contributed by atoms with Gasteiger partial charge in [0.25, 0.3) is 0 Å². The van der Waals surface area contributed by atoms with Crippen LogP contribution in [0.15, 0.2) is 24.3 Å². The topological polar surface area (TPSA) is 41.1 Å². The molecule has 0 fully saturated rings. The molecule has 9 heteroatoms. The number of hydrogen-bond donors (Lipinski definition) is 2. The van der Waals surface area contributed by atoms with Gasteiger partial charge < -0.3 is 10.6 Å². The molecule has 0 atom stereocenters. The molecule has 0 aliphatic heterocycles. The van der Waals surface area contributed by atoms with Crippen LogP contribution in [-0.2, 0) is 0 Å². The molecule has 3 nitrogen and oxygen atoms in total. The van der Waals surface area contributed by atoms with Gasteiger partial charge in [0.15, 0.2) is 11.6 Å². The van der Waals surface area contributed by atoms with Gasteiger partial charge in [-0.15, -0.1) is 0 Å². The number of para-hydroxylation sites is 1. The number of carbonyl (C=O) groups is 1. The Hall–Kier alpha value is -1.99. The summed E-state index contributed by atoms with van der Waals surface area (Å²) in [5, 5.41) is 2.34. The van der Waals surface area contributed by atoms with E-state index in [1.165, 1.54) is 0 Å². The molecule has 0 aliphatic rings. The van der Waals surface area contributed by atoms with Crippen molar-refractivity contribution in [1.82, 2.24) is 0 Å². The Morgan fingerprint density at radius 3 is 2.14 bits per heavy atom. The Kier molecular flexibility index (Phi) is 4.77. The third-order valence-corrected chi connectivity index (χ3v) is 3.16. The molecule has 0 spiro atoms. The fraction of sp³-hybridized carbons (Fsp3) is 0. The van der Waals surface area contributed by atoms with E-state index in [1.807, 2.05) is 10.6 Å². The lowest BCUT2D eigenvalue weighted by atomic mass is 10.3. The number of nitrogens with one attached hydrogen (secondary N) is 2. The summed E-state index contributed by atoms with van der Waals surface area (Å²) in [5.41, 5.74) is -1.27. The van der Waals surface area contributed by atoms with E-state index in [0.717, 1.165) is 24.3 Å². The summed E-state index contributed by atoms with van der Waals surface area (Å²) in [6.07, 6.45) is 0. The maximum atomic E-state index is 13.7. The van der Waals surface area contributed by atoms with Crippen LogP contribution in [0, 0.1) is 23.3 Å². The van der Waals surface area contributed by atoms with Crippen molar-refractivity contribution in [1.29, 1.82) is 0 Å². The molecule has 2 rings (SSSR count). The highest BCUT2D eigenvalue weighted by atomic mass is 35.5. The molecule has 0 saturated carbocycles. The van der Waals surface area contributed by atoms with Crippen molar-refractivity contribution in [3.8, 4) is 0 Å². The summed E-state index contributed by atoms with van der Waals surface area (Å²) >= 11 is 10.8. The Labute approximate surface area is 131 Å². The standard InChI is InChI=1S/C13H6Cl2F4N2O/c14-5-4-8(11(19)9(15)10(5)18)20-13(22)21-12-6(16)2-1-3-7(12)17/h1-4H,(H2,20,21,22). The summed E-state index contributed by atoms with van der Waals surface area (Å²) in [4.78, 5) is 11.6. The van der Waals surface area contributed by atoms with Crippen molar-refractivity contribution in [2.45, 2.75) is 0 Å². The van der Waals surface area contributed by atoms with Crippen LogP contribution in [0.25, 0.3) is 0 Å². The van der Waals surface area contributed by atoms with Crippen LogP contribution in [-0.4, -0.2) is 6.03 Å². The summed E-state index contributed by atoms with van der Waals surface area (Å²) in [5.74, 6) is -4.50. The summed E-state index contributed by atoms with van der Waals surface area (Å²) in [7, 11) is 0. The molecule has 22 heavy (non-hydrogen) atoms. The number of urea groups is 1. The molecule has 2 aromatic carbocycles. The van der Waals surface area contributed by atoms with Crippen LogP contribution in [0.4, 0.5) is 33.7 Å². The van der Waals surface area contributed by atoms with Crippen molar-refractivity contribution < 1.29 is 22.4 Å². The molecular weight excluding hydrogens is 347 g/mol. The van der Waals surface area contributed by atoms with E-state index in [1.54, 1.807) is 0 Å². The van der Waals surface area contributed by atoms with Gasteiger partial charge in [-0.1, -0.05) is 29.3 Å². The SMILES string of the molecule is O=C(Nc1cc(Cl)c(F)c(Cl)c1F)Nc1c(F)cccc1F. The number of carbonyl (C=O) groups excluding carboxylic acids is 1. The largest absolute Gasteiger partial charge is 0.323 e. The smallest absolute Gasteiger partial charge is 0.305 e. The highest BCUT2D eigenvalue weighted by Crippen LogP contribution is 2.31. The average molecular weight is 353 g/mol. The summed E-state index contributed by atoms with van der Waals surface area (Å²) < 4.78 is 53.6. The lowest BCUT2D eigenvalue weighted by Gasteiger charge is -2.11. The molecule has 2 N–H and O–H groups in total. The van der Waals surface area contributed by atoms with Gasteiger partial charge >= 0.3 is 6.03 Å². The van der Waals surface area contributed by atoms with E-state index < -0.39 is 50.7 Å². The van der Waals surface area contributed by atoms with Crippen molar-refractivity contribution in [2.75, 3.05) is 10.6 Å². The van der Waals surface area contributed by atoms with Crippen LogP contribution < -0.4 is 10.6 Å². The van der Waals surface area contributed by atoms with Gasteiger partial charge in [0, 0.05) is 0 Å². The van der Waals surface area contributed by atoms with E-state index in [0.29, 0.717) is 0 Å². The predicted molar refractivity (Wildman–Crippen MR) is 75.4 cm³/mol. The van der Waals surface area contributed by atoms with E-state index in [-0.39, 0.29) is 0 Å². The van der Waals surface area contributed by atoms with Gasteiger partial charge in [0.1, 0.15) is 22.3 Å². The minimum atomic E-state index is -1.27. The molecule has 0 unspecified atom stereocenters. The first-order valence-electron chi connectivity index (χ1n) is 5.66. The van der Waals surface area contributed by atoms with E-state index in [4.69, 9.17) is 23.2 Å². The van der Waals surface area contributed by atoms with Crippen molar-refractivity contribution >= 4 is 40.6 Å². The minimum absolute atomic E-state index is 0.529. The summed E-state index contributed by atoms with van der Waals surface area (Å²) in [6, 6.07) is 2.56. The van der Waals surface area contributed by atoms with Crippen molar-refractivity contribution in [2.24, 2.45) is 0 Å². The van der Waals surface area contributed by atoms with Crippen molar-refractivity contribution in [3.63, 3.8) is 0 Å². The van der Waals surface area contributed by atoms with Gasteiger partial charge in [-0.25, -0.2) is 22.4 Å². The van der Waals surface area contributed by atoms with Crippen LogP contribution in [0.3, 0.4) is 0 Å². The Bertz CT molecular complexity index is 735. The maximum Gasteiger partial charge on any atom is 0.323 e. The number of rotatable bonds is 2. The third kappa shape index (κ3) is 3.26. The molecule has 2 amide bonds. The van der Waals surface area contributed by atoms with Gasteiger partial charge in [-0.05, 0) is 18.2 Å². The monoisotopic (exact) mass is 352 g/mol. The Morgan fingerprint density at radius 2 is 1.55 bits per heavy atom. The van der Waals surface area contributed by atoms with Gasteiger partial charge in [0.05, 0.1) is 10.7 Å². The second kappa shape index (κ2) is 6.41. The normalized spacial score (nSPS) is 10.5. The highest BCUT2D eigenvalue weighted by molar-refractivity contribution is 6.35. The van der Waals surface area contributed by atoms with Gasteiger partial charge in [-0.3, -0.25) is 0 Å². The molecule has 2 aromatic rings. The number of amides is 2. The number of anilines is 2. The molecule has 0 bridgehead atoms. The van der Waals surface area contributed by atoms with E-state index in [9.17, 15) is 22.4 Å². The second-order valence-electron chi connectivity index (χ2n) is 4.02. The first kappa shape index (κ1) is 16.4. The average Bonchev–Trinajstić information content (AvgIpc) is 2.46. The van der Waals surface area contributed by atoms with E-state index in [2.05, 4.69) is 0 Å². The van der Waals surface area contributed by atoms with Crippen LogP contribution in [0.2, 0.25) is 10.0 Å². The summed E-state index contributed by atoms with van der Waals surface area (Å²) in [6.45, 7) is 0.